The highest BCUT2D eigenvalue weighted by molar-refractivity contribution is 9.10. The first kappa shape index (κ1) is 9.74. The number of benzene rings is 1. The fraction of sp³-hybridized carbons (Fsp3) is 0.273. The molecule has 2 nitrogen and oxygen atoms in total. The Hall–Kier alpha value is -0.800. The maximum atomic E-state index is 5.64. The molecule has 2 N–H and O–H groups in total. The van der Waals surface area contributed by atoms with E-state index in [1.807, 2.05) is 12.1 Å². The summed E-state index contributed by atoms with van der Waals surface area (Å²) in [6, 6.07) is 6.05. The van der Waals surface area contributed by atoms with Crippen molar-refractivity contribution in [1.82, 2.24) is 0 Å². The summed E-state index contributed by atoms with van der Waals surface area (Å²) in [6.45, 7) is 3.27. The van der Waals surface area contributed by atoms with E-state index in [4.69, 9.17) is 10.5 Å². The number of allylic oxidation sites excluding steroid dienone is 1. The summed E-state index contributed by atoms with van der Waals surface area (Å²) in [7, 11) is 0. The highest BCUT2D eigenvalue weighted by Gasteiger charge is 2.17. The zero-order chi connectivity index (χ0) is 10.1. The first-order chi connectivity index (χ1) is 6.74. The van der Waals surface area contributed by atoms with Gasteiger partial charge in [-0.25, -0.2) is 0 Å². The summed E-state index contributed by atoms with van der Waals surface area (Å²) in [4.78, 5) is 0. The van der Waals surface area contributed by atoms with Gasteiger partial charge in [-0.15, -0.1) is 0 Å². The zero-order valence-corrected chi connectivity index (χ0v) is 9.60. The zero-order valence-electron chi connectivity index (χ0n) is 8.01. The van der Waals surface area contributed by atoms with Gasteiger partial charge >= 0.3 is 0 Å². The summed E-state index contributed by atoms with van der Waals surface area (Å²) in [6.07, 6.45) is 0. The lowest BCUT2D eigenvalue weighted by molar-refractivity contribution is 0.342. The third-order valence-electron chi connectivity index (χ3n) is 2.54. The molecule has 74 valence electrons. The second-order valence-electron chi connectivity index (χ2n) is 3.34. The predicted molar refractivity (Wildman–Crippen MR) is 61.3 cm³/mol. The summed E-state index contributed by atoms with van der Waals surface area (Å²) in [5, 5.41) is 0. The molecule has 0 amide bonds. The third kappa shape index (κ3) is 1.47. The van der Waals surface area contributed by atoms with Gasteiger partial charge in [0, 0.05) is 12.1 Å². The van der Waals surface area contributed by atoms with E-state index in [0.29, 0.717) is 13.2 Å². The molecule has 1 heterocycles. The van der Waals surface area contributed by atoms with Gasteiger partial charge in [0.1, 0.15) is 12.4 Å². The normalized spacial score (nSPS) is 15.1. The molecule has 0 bridgehead atoms. The van der Waals surface area contributed by atoms with Crippen molar-refractivity contribution in [3.05, 3.63) is 33.8 Å². The van der Waals surface area contributed by atoms with E-state index in [1.165, 1.54) is 11.1 Å². The van der Waals surface area contributed by atoms with Crippen LogP contribution in [0.2, 0.25) is 0 Å². The Morgan fingerprint density at radius 2 is 2.29 bits per heavy atom. The molecule has 0 aromatic heterocycles. The lowest BCUT2D eigenvalue weighted by Gasteiger charge is -2.22. The number of ether oxygens (including phenoxy) is 1. The van der Waals surface area contributed by atoms with Crippen LogP contribution in [0.1, 0.15) is 12.5 Å². The molecular formula is C11H12BrNO. The van der Waals surface area contributed by atoms with E-state index in [2.05, 4.69) is 28.9 Å². The van der Waals surface area contributed by atoms with Crippen LogP contribution in [0.25, 0.3) is 5.57 Å². The van der Waals surface area contributed by atoms with Gasteiger partial charge < -0.3 is 10.5 Å². The fourth-order valence-electron chi connectivity index (χ4n) is 1.62. The van der Waals surface area contributed by atoms with Crippen molar-refractivity contribution < 1.29 is 4.74 Å². The molecule has 1 aromatic carbocycles. The number of para-hydroxylation sites is 1. The maximum Gasteiger partial charge on any atom is 0.141 e. The molecule has 1 aliphatic rings. The Morgan fingerprint density at radius 1 is 1.50 bits per heavy atom. The monoisotopic (exact) mass is 253 g/mol. The quantitative estimate of drug-likeness (QED) is 0.835. The molecule has 3 heteroatoms. The molecule has 0 unspecified atom stereocenters. The van der Waals surface area contributed by atoms with Crippen LogP contribution in [0.15, 0.2) is 28.2 Å². The van der Waals surface area contributed by atoms with E-state index in [1.54, 1.807) is 0 Å². The number of rotatable bonds is 1. The largest absolute Gasteiger partial charge is 0.487 e. The molecule has 2 rings (SSSR count). The van der Waals surface area contributed by atoms with E-state index in [9.17, 15) is 0 Å². The van der Waals surface area contributed by atoms with E-state index < -0.39 is 0 Å². The van der Waals surface area contributed by atoms with Gasteiger partial charge in [-0.3, -0.25) is 0 Å². The molecule has 0 radical (unpaired) electrons. The number of fused-ring (bicyclic) bond motifs is 1. The Balaban J connectivity index is 2.58. The Labute approximate surface area is 91.9 Å². The highest BCUT2D eigenvalue weighted by atomic mass is 79.9. The first-order valence-electron chi connectivity index (χ1n) is 4.54. The summed E-state index contributed by atoms with van der Waals surface area (Å²) < 4.78 is 6.65. The second-order valence-corrected chi connectivity index (χ2v) is 4.19. The number of nitrogens with two attached hydrogens (primary N) is 1. The highest BCUT2D eigenvalue weighted by Crippen LogP contribution is 2.37. The van der Waals surface area contributed by atoms with Crippen molar-refractivity contribution in [1.29, 1.82) is 0 Å². The van der Waals surface area contributed by atoms with Crippen LogP contribution in [0.4, 0.5) is 0 Å². The Morgan fingerprint density at radius 3 is 3.00 bits per heavy atom. The molecule has 14 heavy (non-hydrogen) atoms. The minimum Gasteiger partial charge on any atom is -0.487 e. The predicted octanol–water partition coefficient (Wildman–Crippen LogP) is 2.57. The Kier molecular flexibility index (Phi) is 2.61. The van der Waals surface area contributed by atoms with Gasteiger partial charge in [-0.2, -0.15) is 0 Å². The van der Waals surface area contributed by atoms with Crippen molar-refractivity contribution >= 4 is 21.5 Å². The third-order valence-corrected chi connectivity index (χ3v) is 3.16. The molecule has 0 saturated heterocycles. The summed E-state index contributed by atoms with van der Waals surface area (Å²) >= 11 is 3.47. The molecular weight excluding hydrogens is 242 g/mol. The van der Waals surface area contributed by atoms with Crippen molar-refractivity contribution in [2.75, 3.05) is 13.2 Å². The van der Waals surface area contributed by atoms with E-state index in [0.717, 1.165) is 15.8 Å². The number of hydrogen-bond acceptors (Lipinski definition) is 2. The maximum absolute atomic E-state index is 5.64. The van der Waals surface area contributed by atoms with Gasteiger partial charge in [0.25, 0.3) is 0 Å². The lowest BCUT2D eigenvalue weighted by atomic mass is 9.99. The SMILES string of the molecule is CC1=C(CN)COc2c(Br)cccc21. The average molecular weight is 254 g/mol. The minimum atomic E-state index is 0.567. The van der Waals surface area contributed by atoms with Gasteiger partial charge in [-0.1, -0.05) is 12.1 Å². The van der Waals surface area contributed by atoms with Crippen LogP contribution in [-0.4, -0.2) is 13.2 Å². The average Bonchev–Trinajstić information content (AvgIpc) is 2.20. The molecule has 1 aliphatic heterocycles. The molecule has 0 spiro atoms. The fourth-order valence-corrected chi connectivity index (χ4v) is 2.10. The van der Waals surface area contributed by atoms with Crippen LogP contribution in [0.5, 0.6) is 5.75 Å². The van der Waals surface area contributed by atoms with Crippen LogP contribution < -0.4 is 10.5 Å². The molecule has 0 fully saturated rings. The van der Waals surface area contributed by atoms with Crippen LogP contribution in [0, 0.1) is 0 Å². The van der Waals surface area contributed by atoms with E-state index in [-0.39, 0.29) is 0 Å². The summed E-state index contributed by atoms with van der Waals surface area (Å²) in [5.41, 5.74) is 9.21. The van der Waals surface area contributed by atoms with Crippen LogP contribution >= 0.6 is 15.9 Å². The minimum absolute atomic E-state index is 0.567. The molecule has 0 atom stereocenters. The smallest absolute Gasteiger partial charge is 0.141 e. The number of halogens is 1. The van der Waals surface area contributed by atoms with Crippen molar-refractivity contribution in [3.8, 4) is 5.75 Å². The molecule has 1 aromatic rings. The summed E-state index contributed by atoms with van der Waals surface area (Å²) in [5.74, 6) is 0.933. The van der Waals surface area contributed by atoms with Gasteiger partial charge in [-0.05, 0) is 40.1 Å². The van der Waals surface area contributed by atoms with Gasteiger partial charge in [0.15, 0.2) is 0 Å². The Bertz CT molecular complexity index is 398. The van der Waals surface area contributed by atoms with Gasteiger partial charge in [0.05, 0.1) is 4.47 Å². The molecule has 0 saturated carbocycles. The number of hydrogen-bond donors (Lipinski definition) is 1. The van der Waals surface area contributed by atoms with Crippen LogP contribution in [-0.2, 0) is 0 Å². The van der Waals surface area contributed by atoms with Crippen molar-refractivity contribution in [2.45, 2.75) is 6.92 Å². The van der Waals surface area contributed by atoms with Crippen LogP contribution in [0.3, 0.4) is 0 Å². The van der Waals surface area contributed by atoms with Crippen molar-refractivity contribution in [2.24, 2.45) is 5.73 Å². The lowest BCUT2D eigenvalue weighted by Crippen LogP contribution is -2.17. The standard InChI is InChI=1S/C11H12BrNO/c1-7-8(5-13)6-14-11-9(7)3-2-4-10(11)12/h2-4H,5-6,13H2,1H3. The second kappa shape index (κ2) is 3.75. The topological polar surface area (TPSA) is 35.2 Å². The van der Waals surface area contributed by atoms with Gasteiger partial charge in [0.2, 0.25) is 0 Å². The molecule has 0 aliphatic carbocycles. The first-order valence-corrected chi connectivity index (χ1v) is 5.33. The van der Waals surface area contributed by atoms with Crippen molar-refractivity contribution in [3.63, 3.8) is 0 Å². The van der Waals surface area contributed by atoms with E-state index >= 15 is 0 Å².